The van der Waals surface area contributed by atoms with Gasteiger partial charge in [-0.2, -0.15) is 0 Å². The van der Waals surface area contributed by atoms with Crippen molar-refractivity contribution >= 4 is 29.5 Å². The van der Waals surface area contributed by atoms with E-state index >= 15 is 0 Å². The first-order valence-electron chi connectivity index (χ1n) is 14.3. The molecule has 0 radical (unpaired) electrons. The molecule has 4 aromatic carbocycles. The monoisotopic (exact) mass is 530 g/mol. The molecule has 0 bridgehead atoms. The zero-order chi connectivity index (χ0) is 27.9. The summed E-state index contributed by atoms with van der Waals surface area (Å²) in [6, 6.07) is 27.4. The molecule has 6 rings (SSSR count). The summed E-state index contributed by atoms with van der Waals surface area (Å²) in [6.07, 6.45) is 12.1. The van der Waals surface area contributed by atoms with E-state index in [0.29, 0.717) is 0 Å². The van der Waals surface area contributed by atoms with Crippen LogP contribution in [0.1, 0.15) is 71.4 Å². The van der Waals surface area contributed by atoms with Crippen molar-refractivity contribution in [2.75, 3.05) is 0 Å². The average molecular weight is 531 g/mol. The fourth-order valence-electron chi connectivity index (χ4n) is 5.81. The average Bonchev–Trinajstić information content (AvgIpc) is 3.30. The maximum atomic E-state index is 4.60. The molecule has 0 amide bonds. The van der Waals surface area contributed by atoms with E-state index in [0.717, 1.165) is 5.66 Å². The number of hydrogen-bond acceptors (Lipinski definition) is 0. The summed E-state index contributed by atoms with van der Waals surface area (Å²) in [4.78, 5) is 0. The smallest absolute Gasteiger partial charge is 0.00297 e. The van der Waals surface area contributed by atoms with Crippen molar-refractivity contribution in [3.63, 3.8) is 0 Å². The van der Waals surface area contributed by atoms with E-state index in [9.17, 15) is 0 Å². The van der Waals surface area contributed by atoms with Gasteiger partial charge >= 0.3 is 0 Å². The van der Waals surface area contributed by atoms with Gasteiger partial charge in [0, 0.05) is 0 Å². The molecule has 1 saturated carbocycles. The third-order valence-electron chi connectivity index (χ3n) is 8.28. The van der Waals surface area contributed by atoms with Crippen molar-refractivity contribution in [3.05, 3.63) is 107 Å². The summed E-state index contributed by atoms with van der Waals surface area (Å²) in [7, 11) is -0.0709. The first kappa shape index (κ1) is 28.9. The number of allylic oxidation sites excluding steroid dienone is 3. The van der Waals surface area contributed by atoms with Gasteiger partial charge in [0.2, 0.25) is 0 Å². The Kier molecular flexibility index (Phi) is 9.83. The molecule has 1 aliphatic heterocycles. The molecule has 0 nitrogen and oxygen atoms in total. The van der Waals surface area contributed by atoms with Gasteiger partial charge in [-0.05, 0) is 115 Å². The molecule has 0 saturated heterocycles. The first-order chi connectivity index (χ1) is 18.9. The van der Waals surface area contributed by atoms with E-state index in [1.54, 1.807) is 18.1 Å². The molecule has 4 aromatic rings. The van der Waals surface area contributed by atoms with Crippen LogP contribution in [-0.2, 0) is 12.3 Å². The van der Waals surface area contributed by atoms with E-state index in [1.165, 1.54) is 87.4 Å². The summed E-state index contributed by atoms with van der Waals surface area (Å²) < 4.78 is 0. The molecule has 1 atom stereocenters. The van der Waals surface area contributed by atoms with E-state index in [4.69, 9.17) is 0 Å². The van der Waals surface area contributed by atoms with Crippen LogP contribution in [0.2, 0.25) is 0 Å². The molecule has 1 aliphatic carbocycles. The van der Waals surface area contributed by atoms with Gasteiger partial charge in [-0.15, -0.1) is 12.3 Å². The predicted octanol–water partition coefficient (Wildman–Crippen LogP) is 11.7. The Balaban J connectivity index is 0.000000306. The van der Waals surface area contributed by atoms with Crippen molar-refractivity contribution in [1.29, 1.82) is 0 Å². The molecule has 1 fully saturated rings. The normalized spacial score (nSPS) is 16.1. The van der Waals surface area contributed by atoms with Gasteiger partial charge in [0.1, 0.15) is 0 Å². The summed E-state index contributed by atoms with van der Waals surface area (Å²) >= 11 is 0. The minimum Gasteiger partial charge on any atom is -0.120 e. The second kappa shape index (κ2) is 13.3. The minimum atomic E-state index is -0.0709. The highest BCUT2D eigenvalue weighted by Gasteiger charge is 2.31. The van der Waals surface area contributed by atoms with Crippen LogP contribution in [0.4, 0.5) is 0 Å². The maximum Gasteiger partial charge on any atom is -0.00297 e. The summed E-state index contributed by atoms with van der Waals surface area (Å²) in [6.45, 7) is 14.6. The fraction of sp³-hybridized carbons (Fsp3) is 0.316. The van der Waals surface area contributed by atoms with Gasteiger partial charge in [-0.25, -0.2) is 0 Å². The summed E-state index contributed by atoms with van der Waals surface area (Å²) in [5.74, 6) is 2.25. The first-order valence-corrected chi connectivity index (χ1v) is 16.1. The molecule has 200 valence electrons. The van der Waals surface area contributed by atoms with Crippen LogP contribution < -0.4 is 0 Å². The minimum absolute atomic E-state index is 0.0709. The third-order valence-corrected chi connectivity index (χ3v) is 11.3. The lowest BCUT2D eigenvalue weighted by molar-refractivity contribution is 0.884. The lowest BCUT2D eigenvalue weighted by atomic mass is 9.88. The summed E-state index contributed by atoms with van der Waals surface area (Å²) in [5.41, 5.74) is 11.4. The molecular formula is C38H43P. The topological polar surface area (TPSA) is 0 Å². The number of fused-ring (bicyclic) bond motifs is 7. The Morgan fingerprint density at radius 1 is 0.846 bits per heavy atom. The lowest BCUT2D eigenvalue weighted by Gasteiger charge is -2.23. The highest BCUT2D eigenvalue weighted by atomic mass is 31.1. The Hall–Kier alpha value is -3.13. The maximum absolute atomic E-state index is 4.60. The Morgan fingerprint density at radius 3 is 1.72 bits per heavy atom. The molecule has 0 spiro atoms. The standard InChI is InChI=1S/C28H25P.C7H14.C3H4/c1-19-10-15-24(16-19)29-17-22-13-11-20-6-2-4-8-25(20)27(22)28-23(18-29)14-12-21-7-3-5-9-26(21)28;1-5-7(4)6(2)3;1-3-2/h2-9,11-14,24H,1,10,15-18H2;5H2,1-4H3;1H,2H3. The van der Waals surface area contributed by atoms with Crippen LogP contribution in [0, 0.1) is 12.3 Å². The largest absolute Gasteiger partial charge is 0.120 e. The summed E-state index contributed by atoms with van der Waals surface area (Å²) in [5, 5.41) is 5.53. The number of terminal acetylenes is 1. The van der Waals surface area contributed by atoms with Crippen LogP contribution in [0.25, 0.3) is 32.7 Å². The van der Waals surface area contributed by atoms with Crippen LogP contribution in [0.3, 0.4) is 0 Å². The van der Waals surface area contributed by atoms with E-state index in [-0.39, 0.29) is 7.92 Å². The zero-order valence-corrected chi connectivity index (χ0v) is 25.4. The Morgan fingerprint density at radius 2 is 1.33 bits per heavy atom. The van der Waals surface area contributed by atoms with Gasteiger partial charge in [0.05, 0.1) is 0 Å². The number of benzene rings is 4. The van der Waals surface area contributed by atoms with Crippen molar-refractivity contribution in [1.82, 2.24) is 0 Å². The molecule has 2 aliphatic rings. The Labute approximate surface area is 238 Å². The Bertz CT molecular complexity index is 1450. The zero-order valence-electron chi connectivity index (χ0n) is 24.5. The van der Waals surface area contributed by atoms with E-state index < -0.39 is 0 Å². The van der Waals surface area contributed by atoms with Gasteiger partial charge in [-0.3, -0.25) is 0 Å². The van der Waals surface area contributed by atoms with Gasteiger partial charge in [-0.1, -0.05) is 111 Å². The van der Waals surface area contributed by atoms with Crippen LogP contribution in [0.5, 0.6) is 0 Å². The molecule has 1 heterocycles. The van der Waals surface area contributed by atoms with Gasteiger partial charge in [0.25, 0.3) is 0 Å². The number of rotatable bonds is 2. The molecule has 1 unspecified atom stereocenters. The second-order valence-electron chi connectivity index (χ2n) is 11.1. The van der Waals surface area contributed by atoms with Gasteiger partial charge in [0.15, 0.2) is 0 Å². The van der Waals surface area contributed by atoms with E-state index in [1.807, 2.05) is 0 Å². The molecule has 0 aromatic heterocycles. The highest BCUT2D eigenvalue weighted by molar-refractivity contribution is 7.56. The van der Waals surface area contributed by atoms with Crippen molar-refractivity contribution < 1.29 is 0 Å². The molecule has 0 N–H and O–H groups in total. The quantitative estimate of drug-likeness (QED) is 0.137. The van der Waals surface area contributed by atoms with Crippen molar-refractivity contribution in [3.8, 4) is 23.5 Å². The fourth-order valence-corrected chi connectivity index (χ4v) is 8.85. The molecule has 39 heavy (non-hydrogen) atoms. The van der Waals surface area contributed by atoms with Crippen LogP contribution in [0.15, 0.2) is 96.1 Å². The molecule has 1 heteroatoms. The second-order valence-corrected chi connectivity index (χ2v) is 13.7. The SMILES string of the molecule is C#CC.C=C1CCC(P2Cc3ccc4ccccc4c3-c3c(ccc4ccccc34)C2)C1.CCC(C)=C(C)C. The van der Waals surface area contributed by atoms with E-state index in [2.05, 4.69) is 119 Å². The third kappa shape index (κ3) is 6.55. The van der Waals surface area contributed by atoms with Gasteiger partial charge < -0.3 is 0 Å². The van der Waals surface area contributed by atoms with Crippen molar-refractivity contribution in [2.45, 2.75) is 78.3 Å². The van der Waals surface area contributed by atoms with Crippen LogP contribution in [-0.4, -0.2) is 5.66 Å². The number of hydrogen-bond donors (Lipinski definition) is 0. The highest BCUT2D eigenvalue weighted by Crippen LogP contribution is 2.59. The predicted molar refractivity (Wildman–Crippen MR) is 177 cm³/mol. The molecular weight excluding hydrogens is 487 g/mol. The lowest BCUT2D eigenvalue weighted by Crippen LogP contribution is -2.02. The van der Waals surface area contributed by atoms with Crippen molar-refractivity contribution in [2.24, 2.45) is 0 Å². The van der Waals surface area contributed by atoms with Crippen LogP contribution >= 0.6 is 7.92 Å².